The van der Waals surface area contributed by atoms with Gasteiger partial charge in [0, 0.05) is 17.7 Å². The van der Waals surface area contributed by atoms with E-state index in [1.807, 2.05) is 36.4 Å². The van der Waals surface area contributed by atoms with Crippen LogP contribution in [-0.2, 0) is 6.42 Å². The molecule has 1 aromatic heterocycles. The number of anilines is 1. The van der Waals surface area contributed by atoms with E-state index in [1.54, 1.807) is 30.3 Å². The van der Waals surface area contributed by atoms with Crippen LogP contribution in [0.5, 0.6) is 0 Å². The Morgan fingerprint density at radius 3 is 2.21 bits per heavy atom. The first-order chi connectivity index (χ1) is 11.6. The predicted molar refractivity (Wildman–Crippen MR) is 93.0 cm³/mol. The molecule has 0 saturated heterocycles. The zero-order chi connectivity index (χ0) is 16.9. The fraction of sp³-hybridized carbons (Fsp3) is 0.0526. The van der Waals surface area contributed by atoms with E-state index in [-0.39, 0.29) is 11.5 Å². The largest absolute Gasteiger partial charge is 0.365 e. The lowest BCUT2D eigenvalue weighted by Gasteiger charge is -2.05. The second-order valence-corrected chi connectivity index (χ2v) is 5.43. The quantitative estimate of drug-likeness (QED) is 0.675. The van der Waals surface area contributed by atoms with Crippen LogP contribution in [0.4, 0.5) is 5.82 Å². The third-order valence-corrected chi connectivity index (χ3v) is 3.65. The normalized spacial score (nSPS) is 10.3. The van der Waals surface area contributed by atoms with Crippen LogP contribution >= 0.6 is 0 Å². The summed E-state index contributed by atoms with van der Waals surface area (Å²) in [5.41, 5.74) is 8.10. The number of H-pyrrole nitrogens is 1. The first-order valence-electron chi connectivity index (χ1n) is 7.55. The van der Waals surface area contributed by atoms with Gasteiger partial charge in [-0.2, -0.15) is 0 Å². The highest BCUT2D eigenvalue weighted by atomic mass is 16.2. The number of carbonyl (C=O) groups excluding carboxylic acids is 2. The minimum absolute atomic E-state index is 0.269. The minimum atomic E-state index is -0.589. The standard InChI is InChI=1S/C19H17N3O2/c20-17(23)16-12-15(11-13-7-3-1-4-8-13)21-18(16)22-19(24)14-9-5-2-6-10-14/h1-10,12,21H,11H2,(H2,20,23)(H,22,24). The Morgan fingerprint density at radius 2 is 1.58 bits per heavy atom. The smallest absolute Gasteiger partial charge is 0.256 e. The Kier molecular flexibility index (Phi) is 4.43. The van der Waals surface area contributed by atoms with E-state index in [1.165, 1.54) is 0 Å². The van der Waals surface area contributed by atoms with E-state index in [0.717, 1.165) is 11.3 Å². The van der Waals surface area contributed by atoms with E-state index in [4.69, 9.17) is 5.73 Å². The lowest BCUT2D eigenvalue weighted by Crippen LogP contribution is -2.17. The molecule has 5 nitrogen and oxygen atoms in total. The molecule has 0 aliphatic heterocycles. The van der Waals surface area contributed by atoms with Crippen molar-refractivity contribution < 1.29 is 9.59 Å². The van der Waals surface area contributed by atoms with Gasteiger partial charge in [0.1, 0.15) is 5.82 Å². The van der Waals surface area contributed by atoms with Crippen molar-refractivity contribution in [3.63, 3.8) is 0 Å². The van der Waals surface area contributed by atoms with Crippen LogP contribution < -0.4 is 11.1 Å². The molecule has 1 heterocycles. The van der Waals surface area contributed by atoms with E-state index < -0.39 is 5.91 Å². The molecule has 0 aliphatic rings. The van der Waals surface area contributed by atoms with Gasteiger partial charge in [0.2, 0.25) is 0 Å². The Balaban J connectivity index is 1.84. The zero-order valence-corrected chi connectivity index (χ0v) is 13.0. The number of rotatable bonds is 5. The van der Waals surface area contributed by atoms with Crippen LogP contribution in [0.1, 0.15) is 32.0 Å². The summed E-state index contributed by atoms with van der Waals surface area (Å²) in [4.78, 5) is 27.0. The van der Waals surface area contributed by atoms with Crippen LogP contribution in [0.3, 0.4) is 0 Å². The van der Waals surface area contributed by atoms with Crippen molar-refractivity contribution in [2.24, 2.45) is 5.73 Å². The van der Waals surface area contributed by atoms with Crippen molar-refractivity contribution in [3.05, 3.63) is 89.1 Å². The molecule has 0 aliphatic carbocycles. The Hall–Kier alpha value is -3.34. The predicted octanol–water partition coefficient (Wildman–Crippen LogP) is 2.96. The van der Waals surface area contributed by atoms with Gasteiger partial charge in [-0.25, -0.2) is 0 Å². The third kappa shape index (κ3) is 3.52. The maximum absolute atomic E-state index is 12.3. The molecule has 120 valence electrons. The molecule has 24 heavy (non-hydrogen) atoms. The number of amides is 2. The van der Waals surface area contributed by atoms with Gasteiger partial charge in [-0.15, -0.1) is 0 Å². The number of primary amides is 1. The van der Waals surface area contributed by atoms with Gasteiger partial charge in [-0.05, 0) is 23.8 Å². The van der Waals surface area contributed by atoms with Crippen LogP contribution in [0.25, 0.3) is 0 Å². The van der Waals surface area contributed by atoms with Crippen molar-refractivity contribution in [1.82, 2.24) is 4.98 Å². The molecule has 2 aromatic carbocycles. The van der Waals surface area contributed by atoms with Crippen molar-refractivity contribution in [3.8, 4) is 0 Å². The summed E-state index contributed by atoms with van der Waals surface area (Å²) < 4.78 is 0. The van der Waals surface area contributed by atoms with Gasteiger partial charge in [-0.3, -0.25) is 9.59 Å². The molecule has 0 fully saturated rings. The monoisotopic (exact) mass is 319 g/mol. The molecule has 5 heteroatoms. The summed E-state index contributed by atoms with van der Waals surface area (Å²) in [6.07, 6.45) is 0.613. The van der Waals surface area contributed by atoms with Gasteiger partial charge in [0.05, 0.1) is 5.56 Å². The highest BCUT2D eigenvalue weighted by Gasteiger charge is 2.16. The molecular weight excluding hydrogens is 302 g/mol. The van der Waals surface area contributed by atoms with E-state index in [2.05, 4.69) is 10.3 Å². The third-order valence-electron chi connectivity index (χ3n) is 3.65. The van der Waals surface area contributed by atoms with Crippen LogP contribution in [0.2, 0.25) is 0 Å². The van der Waals surface area contributed by atoms with Gasteiger partial charge in [0.25, 0.3) is 11.8 Å². The maximum Gasteiger partial charge on any atom is 0.256 e. The molecule has 3 rings (SSSR count). The van der Waals surface area contributed by atoms with Crippen LogP contribution in [0.15, 0.2) is 66.7 Å². The summed E-state index contributed by atoms with van der Waals surface area (Å²) in [5.74, 6) is -0.567. The summed E-state index contributed by atoms with van der Waals surface area (Å²) >= 11 is 0. The highest BCUT2D eigenvalue weighted by Crippen LogP contribution is 2.19. The molecule has 0 atom stereocenters. The summed E-state index contributed by atoms with van der Waals surface area (Å²) in [7, 11) is 0. The molecule has 0 bridgehead atoms. The molecule has 3 aromatic rings. The zero-order valence-electron chi connectivity index (χ0n) is 13.0. The molecule has 0 unspecified atom stereocenters. The molecule has 0 radical (unpaired) electrons. The van der Waals surface area contributed by atoms with Gasteiger partial charge < -0.3 is 16.0 Å². The lowest BCUT2D eigenvalue weighted by atomic mass is 10.1. The topological polar surface area (TPSA) is 88.0 Å². The molecular formula is C19H17N3O2. The number of nitrogens with one attached hydrogen (secondary N) is 2. The second-order valence-electron chi connectivity index (χ2n) is 5.43. The Morgan fingerprint density at radius 1 is 0.958 bits per heavy atom. The number of aromatic nitrogens is 1. The molecule has 4 N–H and O–H groups in total. The molecule has 2 amide bonds. The molecule has 0 saturated carbocycles. The fourth-order valence-corrected chi connectivity index (χ4v) is 2.49. The number of hydrogen-bond acceptors (Lipinski definition) is 2. The first-order valence-corrected chi connectivity index (χ1v) is 7.55. The second kappa shape index (κ2) is 6.83. The van der Waals surface area contributed by atoms with Crippen molar-refractivity contribution in [1.29, 1.82) is 0 Å². The van der Waals surface area contributed by atoms with Gasteiger partial charge in [-0.1, -0.05) is 48.5 Å². The highest BCUT2D eigenvalue weighted by molar-refractivity contribution is 6.08. The van der Waals surface area contributed by atoms with Crippen molar-refractivity contribution >= 4 is 17.6 Å². The number of hydrogen-bond donors (Lipinski definition) is 3. The Labute approximate surface area is 139 Å². The van der Waals surface area contributed by atoms with Gasteiger partial charge in [0.15, 0.2) is 0 Å². The van der Waals surface area contributed by atoms with Crippen LogP contribution in [0, 0.1) is 0 Å². The number of nitrogens with two attached hydrogens (primary N) is 1. The number of aromatic amines is 1. The average molecular weight is 319 g/mol. The Bertz CT molecular complexity index is 855. The summed E-state index contributed by atoms with van der Waals surface area (Å²) in [5, 5.41) is 2.72. The summed E-state index contributed by atoms with van der Waals surface area (Å²) in [6, 6.07) is 20.3. The van der Waals surface area contributed by atoms with Gasteiger partial charge >= 0.3 is 0 Å². The first kappa shape index (κ1) is 15.6. The maximum atomic E-state index is 12.3. The summed E-state index contributed by atoms with van der Waals surface area (Å²) in [6.45, 7) is 0. The number of benzene rings is 2. The van der Waals surface area contributed by atoms with E-state index in [0.29, 0.717) is 17.8 Å². The SMILES string of the molecule is NC(=O)c1cc(Cc2ccccc2)[nH]c1NC(=O)c1ccccc1. The molecule has 0 spiro atoms. The van der Waals surface area contributed by atoms with E-state index >= 15 is 0 Å². The minimum Gasteiger partial charge on any atom is -0.365 e. The van der Waals surface area contributed by atoms with Crippen LogP contribution in [-0.4, -0.2) is 16.8 Å². The van der Waals surface area contributed by atoms with Crippen molar-refractivity contribution in [2.75, 3.05) is 5.32 Å². The number of carbonyl (C=O) groups is 2. The fourth-order valence-electron chi connectivity index (χ4n) is 2.49. The van der Waals surface area contributed by atoms with E-state index in [9.17, 15) is 9.59 Å². The average Bonchev–Trinajstić information content (AvgIpc) is 2.99. The lowest BCUT2D eigenvalue weighted by molar-refractivity contribution is 0.100. The van der Waals surface area contributed by atoms with Crippen molar-refractivity contribution in [2.45, 2.75) is 6.42 Å².